The molecule has 0 aliphatic rings. The van der Waals surface area contributed by atoms with E-state index >= 15 is 0 Å². The van der Waals surface area contributed by atoms with Gasteiger partial charge in [0, 0.05) is 6.54 Å². The molecule has 0 heterocycles. The molecular formula is C16H19NO. The lowest BCUT2D eigenvalue weighted by Gasteiger charge is -2.12. The van der Waals surface area contributed by atoms with Crippen LogP contribution in [0.25, 0.3) is 11.1 Å². The molecule has 0 bridgehead atoms. The lowest BCUT2D eigenvalue weighted by atomic mass is 9.99. The van der Waals surface area contributed by atoms with Crippen molar-refractivity contribution in [3.8, 4) is 16.9 Å². The van der Waals surface area contributed by atoms with Gasteiger partial charge in [-0.2, -0.15) is 0 Å². The molecule has 2 N–H and O–H groups in total. The molecule has 2 aromatic carbocycles. The Labute approximate surface area is 108 Å². The van der Waals surface area contributed by atoms with Crippen molar-refractivity contribution >= 4 is 0 Å². The van der Waals surface area contributed by atoms with Crippen LogP contribution in [0.15, 0.2) is 48.5 Å². The Bertz CT molecular complexity index is 520. The third-order valence-electron chi connectivity index (χ3n) is 2.75. The number of hydrogen-bond donors (Lipinski definition) is 1. The summed E-state index contributed by atoms with van der Waals surface area (Å²) in [5, 5.41) is 0. The highest BCUT2D eigenvalue weighted by Gasteiger charge is 2.05. The largest absolute Gasteiger partial charge is 0.491 e. The van der Waals surface area contributed by atoms with Crippen LogP contribution >= 0.6 is 0 Å². The van der Waals surface area contributed by atoms with Crippen molar-refractivity contribution in [3.05, 3.63) is 54.1 Å². The van der Waals surface area contributed by atoms with E-state index in [2.05, 4.69) is 24.3 Å². The lowest BCUT2D eigenvalue weighted by molar-refractivity contribution is 0.242. The summed E-state index contributed by atoms with van der Waals surface area (Å²) in [6.45, 7) is 4.60. The van der Waals surface area contributed by atoms with E-state index in [9.17, 15) is 0 Å². The van der Waals surface area contributed by atoms with E-state index in [1.54, 1.807) is 0 Å². The fourth-order valence-electron chi connectivity index (χ4n) is 1.99. The van der Waals surface area contributed by atoms with Gasteiger partial charge in [-0.25, -0.2) is 0 Å². The number of ether oxygens (including phenoxy) is 1. The van der Waals surface area contributed by atoms with Gasteiger partial charge in [0.15, 0.2) is 0 Å². The molecule has 2 nitrogen and oxygen atoms in total. The van der Waals surface area contributed by atoms with Crippen molar-refractivity contribution in [2.75, 3.05) is 0 Å². The van der Waals surface area contributed by atoms with Crippen molar-refractivity contribution in [2.24, 2.45) is 5.73 Å². The molecule has 0 aliphatic carbocycles. The van der Waals surface area contributed by atoms with Crippen molar-refractivity contribution in [1.29, 1.82) is 0 Å². The van der Waals surface area contributed by atoms with Gasteiger partial charge in [0.25, 0.3) is 0 Å². The molecule has 2 heteroatoms. The van der Waals surface area contributed by atoms with Gasteiger partial charge < -0.3 is 10.5 Å². The van der Waals surface area contributed by atoms with Gasteiger partial charge in [-0.15, -0.1) is 0 Å². The van der Waals surface area contributed by atoms with Gasteiger partial charge >= 0.3 is 0 Å². The second-order valence-corrected chi connectivity index (χ2v) is 4.56. The molecule has 2 aromatic rings. The minimum absolute atomic E-state index is 0.185. The van der Waals surface area contributed by atoms with Crippen LogP contribution in [-0.4, -0.2) is 6.10 Å². The Morgan fingerprint density at radius 2 is 1.83 bits per heavy atom. The zero-order valence-electron chi connectivity index (χ0n) is 10.9. The van der Waals surface area contributed by atoms with E-state index in [4.69, 9.17) is 10.5 Å². The molecule has 0 radical (unpaired) electrons. The molecule has 0 spiro atoms. The summed E-state index contributed by atoms with van der Waals surface area (Å²) in [7, 11) is 0. The minimum Gasteiger partial charge on any atom is -0.491 e. The first-order valence-corrected chi connectivity index (χ1v) is 6.26. The molecule has 0 saturated carbocycles. The number of nitrogens with two attached hydrogens (primary N) is 1. The molecule has 0 aromatic heterocycles. The molecule has 18 heavy (non-hydrogen) atoms. The van der Waals surface area contributed by atoms with Crippen LogP contribution in [0.3, 0.4) is 0 Å². The first kappa shape index (κ1) is 12.7. The van der Waals surface area contributed by atoms with Gasteiger partial charge in [-0.05, 0) is 42.7 Å². The van der Waals surface area contributed by atoms with Crippen LogP contribution in [0.4, 0.5) is 0 Å². The summed E-state index contributed by atoms with van der Waals surface area (Å²) in [5.41, 5.74) is 9.25. The summed E-state index contributed by atoms with van der Waals surface area (Å²) >= 11 is 0. The third-order valence-corrected chi connectivity index (χ3v) is 2.75. The zero-order valence-corrected chi connectivity index (χ0v) is 10.9. The highest BCUT2D eigenvalue weighted by atomic mass is 16.5. The van der Waals surface area contributed by atoms with Gasteiger partial charge in [0.1, 0.15) is 5.75 Å². The number of hydrogen-bond acceptors (Lipinski definition) is 2. The van der Waals surface area contributed by atoms with E-state index in [-0.39, 0.29) is 6.10 Å². The van der Waals surface area contributed by atoms with Gasteiger partial charge in [-0.1, -0.05) is 36.4 Å². The van der Waals surface area contributed by atoms with Gasteiger partial charge in [-0.3, -0.25) is 0 Å². The number of benzene rings is 2. The Hall–Kier alpha value is -1.80. The van der Waals surface area contributed by atoms with E-state index in [1.807, 2.05) is 38.1 Å². The third kappa shape index (κ3) is 2.90. The van der Waals surface area contributed by atoms with Gasteiger partial charge in [0.05, 0.1) is 6.10 Å². The molecule has 0 aliphatic heterocycles. The first-order chi connectivity index (χ1) is 8.70. The van der Waals surface area contributed by atoms with Crippen LogP contribution in [0.1, 0.15) is 19.4 Å². The van der Waals surface area contributed by atoms with E-state index in [0.29, 0.717) is 6.54 Å². The molecule has 2 rings (SSSR count). The van der Waals surface area contributed by atoms with Gasteiger partial charge in [0.2, 0.25) is 0 Å². The predicted octanol–water partition coefficient (Wildman–Crippen LogP) is 3.60. The van der Waals surface area contributed by atoms with Crippen molar-refractivity contribution in [2.45, 2.75) is 26.5 Å². The normalized spacial score (nSPS) is 10.7. The Kier molecular flexibility index (Phi) is 4.00. The standard InChI is InChI=1S/C16H19NO/c1-12(2)18-15-8-5-7-13(10-15)16-9-4-3-6-14(16)11-17/h3-10,12H,11,17H2,1-2H3. The first-order valence-electron chi connectivity index (χ1n) is 6.26. The summed E-state index contributed by atoms with van der Waals surface area (Å²) in [6.07, 6.45) is 0.185. The SMILES string of the molecule is CC(C)Oc1cccc(-c2ccccc2CN)c1. The molecule has 0 amide bonds. The fraction of sp³-hybridized carbons (Fsp3) is 0.250. The molecule has 94 valence electrons. The molecule has 0 unspecified atom stereocenters. The lowest BCUT2D eigenvalue weighted by Crippen LogP contribution is -2.05. The summed E-state index contributed by atoms with van der Waals surface area (Å²) in [6, 6.07) is 16.3. The van der Waals surface area contributed by atoms with E-state index < -0.39 is 0 Å². The maximum absolute atomic E-state index is 5.78. The second-order valence-electron chi connectivity index (χ2n) is 4.56. The highest BCUT2D eigenvalue weighted by Crippen LogP contribution is 2.27. The average molecular weight is 241 g/mol. The minimum atomic E-state index is 0.185. The van der Waals surface area contributed by atoms with Crippen LogP contribution in [0.2, 0.25) is 0 Å². The Balaban J connectivity index is 2.38. The zero-order chi connectivity index (χ0) is 13.0. The summed E-state index contributed by atoms with van der Waals surface area (Å²) in [4.78, 5) is 0. The van der Waals surface area contributed by atoms with E-state index in [1.165, 1.54) is 5.56 Å². The van der Waals surface area contributed by atoms with Crippen LogP contribution in [-0.2, 0) is 6.54 Å². The topological polar surface area (TPSA) is 35.2 Å². The number of rotatable bonds is 4. The summed E-state index contributed by atoms with van der Waals surface area (Å²) in [5.74, 6) is 0.898. The van der Waals surface area contributed by atoms with E-state index in [0.717, 1.165) is 16.9 Å². The quantitative estimate of drug-likeness (QED) is 0.887. The maximum atomic E-state index is 5.78. The van der Waals surface area contributed by atoms with Crippen molar-refractivity contribution < 1.29 is 4.74 Å². The average Bonchev–Trinajstić information content (AvgIpc) is 2.38. The van der Waals surface area contributed by atoms with Crippen LogP contribution < -0.4 is 10.5 Å². The Morgan fingerprint density at radius 3 is 2.56 bits per heavy atom. The maximum Gasteiger partial charge on any atom is 0.120 e. The molecule has 0 fully saturated rings. The van der Waals surface area contributed by atoms with Crippen molar-refractivity contribution in [1.82, 2.24) is 0 Å². The Morgan fingerprint density at radius 1 is 1.06 bits per heavy atom. The summed E-state index contributed by atoms with van der Waals surface area (Å²) < 4.78 is 5.72. The molecule has 0 atom stereocenters. The van der Waals surface area contributed by atoms with Crippen LogP contribution in [0.5, 0.6) is 5.75 Å². The van der Waals surface area contributed by atoms with Crippen molar-refractivity contribution in [3.63, 3.8) is 0 Å². The molecule has 0 saturated heterocycles. The van der Waals surface area contributed by atoms with Crippen LogP contribution in [0, 0.1) is 0 Å². The highest BCUT2D eigenvalue weighted by molar-refractivity contribution is 5.68. The molecular weight excluding hydrogens is 222 g/mol. The second kappa shape index (κ2) is 5.69. The fourth-order valence-corrected chi connectivity index (χ4v) is 1.99. The predicted molar refractivity (Wildman–Crippen MR) is 75.5 cm³/mol. The monoisotopic (exact) mass is 241 g/mol. The smallest absolute Gasteiger partial charge is 0.120 e.